The zero-order valence-corrected chi connectivity index (χ0v) is 10.5. The fourth-order valence-electron chi connectivity index (χ4n) is 1.51. The van der Waals surface area contributed by atoms with Crippen LogP contribution >= 0.6 is 11.3 Å². The highest BCUT2D eigenvalue weighted by atomic mass is 32.1. The van der Waals surface area contributed by atoms with Crippen LogP contribution in [0.15, 0.2) is 35.0 Å². The van der Waals surface area contributed by atoms with Crippen molar-refractivity contribution in [3.8, 4) is 5.75 Å². The average molecular weight is 278 g/mol. The van der Waals surface area contributed by atoms with Gasteiger partial charge in [0.05, 0.1) is 17.0 Å². The van der Waals surface area contributed by atoms with Gasteiger partial charge in [0.15, 0.2) is 0 Å². The van der Waals surface area contributed by atoms with Crippen molar-refractivity contribution in [3.63, 3.8) is 0 Å². The van der Waals surface area contributed by atoms with Crippen LogP contribution in [-0.4, -0.2) is 15.9 Å². The summed E-state index contributed by atoms with van der Waals surface area (Å²) in [4.78, 5) is 21.8. The molecular weight excluding hydrogens is 268 g/mol. The van der Waals surface area contributed by atoms with Gasteiger partial charge >= 0.3 is 0 Å². The monoisotopic (exact) mass is 278 g/mol. The number of thiophene rings is 1. The molecule has 0 aliphatic heterocycles. The van der Waals surface area contributed by atoms with Gasteiger partial charge in [0.2, 0.25) is 5.91 Å². The maximum Gasteiger partial charge on any atom is 0.271 e. The number of anilines is 1. The first-order valence-corrected chi connectivity index (χ1v) is 6.29. The predicted molar refractivity (Wildman–Crippen MR) is 71.4 cm³/mol. The van der Waals surface area contributed by atoms with Crippen molar-refractivity contribution in [3.05, 3.63) is 50.7 Å². The van der Waals surface area contributed by atoms with Crippen molar-refractivity contribution in [2.45, 2.75) is 6.42 Å². The summed E-state index contributed by atoms with van der Waals surface area (Å²) in [5, 5.41) is 26.3. The van der Waals surface area contributed by atoms with Gasteiger partial charge in [-0.1, -0.05) is 0 Å². The van der Waals surface area contributed by atoms with Crippen LogP contribution in [0.2, 0.25) is 0 Å². The highest BCUT2D eigenvalue weighted by Crippen LogP contribution is 2.27. The van der Waals surface area contributed by atoms with Gasteiger partial charge in [-0.15, -0.1) is 0 Å². The van der Waals surface area contributed by atoms with Crippen molar-refractivity contribution in [2.24, 2.45) is 0 Å². The summed E-state index contributed by atoms with van der Waals surface area (Å²) >= 11 is 1.48. The number of carbonyl (C=O) groups excluding carboxylic acids is 1. The molecule has 0 aliphatic rings. The maximum atomic E-state index is 11.7. The van der Waals surface area contributed by atoms with Crippen LogP contribution < -0.4 is 5.32 Å². The van der Waals surface area contributed by atoms with E-state index in [9.17, 15) is 20.0 Å². The first-order valence-electron chi connectivity index (χ1n) is 5.34. The van der Waals surface area contributed by atoms with Crippen molar-refractivity contribution >= 4 is 28.6 Å². The Morgan fingerprint density at radius 2 is 2.21 bits per heavy atom. The molecule has 2 aromatic rings. The lowest BCUT2D eigenvalue weighted by Gasteiger charge is -2.06. The van der Waals surface area contributed by atoms with Gasteiger partial charge < -0.3 is 10.4 Å². The normalized spacial score (nSPS) is 10.1. The van der Waals surface area contributed by atoms with Gasteiger partial charge in [0.1, 0.15) is 5.75 Å². The molecule has 0 unspecified atom stereocenters. The number of phenols is 1. The van der Waals surface area contributed by atoms with E-state index in [1.165, 1.54) is 23.5 Å². The number of non-ortho nitro benzene ring substituents is 1. The number of hydrogen-bond donors (Lipinski definition) is 2. The Morgan fingerprint density at radius 1 is 1.42 bits per heavy atom. The van der Waals surface area contributed by atoms with E-state index in [4.69, 9.17) is 0 Å². The number of rotatable bonds is 4. The minimum absolute atomic E-state index is 0.0365. The maximum absolute atomic E-state index is 11.7. The van der Waals surface area contributed by atoms with E-state index in [2.05, 4.69) is 5.32 Å². The molecule has 1 aromatic heterocycles. The second-order valence-corrected chi connectivity index (χ2v) is 4.60. The second kappa shape index (κ2) is 5.49. The highest BCUT2D eigenvalue weighted by Gasteiger charge is 2.13. The molecule has 2 rings (SSSR count). The van der Waals surface area contributed by atoms with E-state index in [1.54, 1.807) is 0 Å². The first-order chi connectivity index (χ1) is 9.06. The van der Waals surface area contributed by atoms with E-state index < -0.39 is 4.92 Å². The number of nitrogens with zero attached hydrogens (tertiary/aromatic N) is 1. The van der Waals surface area contributed by atoms with E-state index in [0.29, 0.717) is 0 Å². The topological polar surface area (TPSA) is 92.5 Å². The van der Waals surface area contributed by atoms with E-state index in [0.717, 1.165) is 11.6 Å². The Bertz CT molecular complexity index is 610. The fourth-order valence-corrected chi connectivity index (χ4v) is 2.18. The summed E-state index contributed by atoms with van der Waals surface area (Å²) in [5.41, 5.74) is 0.700. The molecule has 98 valence electrons. The van der Waals surface area contributed by atoms with Crippen molar-refractivity contribution < 1.29 is 14.8 Å². The SMILES string of the molecule is O=C(Cc1ccsc1)Nc1cc([N+](=O)[O-])ccc1O. The van der Waals surface area contributed by atoms with Crippen LogP contribution in [-0.2, 0) is 11.2 Å². The zero-order chi connectivity index (χ0) is 13.8. The molecule has 19 heavy (non-hydrogen) atoms. The van der Waals surface area contributed by atoms with Crippen LogP contribution in [0.4, 0.5) is 11.4 Å². The summed E-state index contributed by atoms with van der Waals surface area (Å²) in [6, 6.07) is 5.29. The van der Waals surface area contributed by atoms with E-state index in [-0.39, 0.29) is 29.5 Å². The number of carbonyl (C=O) groups is 1. The van der Waals surface area contributed by atoms with Crippen LogP contribution in [0.1, 0.15) is 5.56 Å². The molecule has 0 spiro atoms. The summed E-state index contributed by atoms with van der Waals surface area (Å²) in [6.45, 7) is 0. The molecule has 0 atom stereocenters. The molecule has 6 nitrogen and oxygen atoms in total. The van der Waals surface area contributed by atoms with Crippen molar-refractivity contribution in [1.29, 1.82) is 0 Å². The second-order valence-electron chi connectivity index (χ2n) is 3.82. The molecule has 2 N–H and O–H groups in total. The lowest BCUT2D eigenvalue weighted by atomic mass is 10.2. The minimum Gasteiger partial charge on any atom is -0.506 e. The number of nitrogens with one attached hydrogen (secondary N) is 1. The smallest absolute Gasteiger partial charge is 0.271 e. The molecule has 1 heterocycles. The quantitative estimate of drug-likeness (QED) is 0.510. The fraction of sp³-hybridized carbons (Fsp3) is 0.0833. The van der Waals surface area contributed by atoms with Gasteiger partial charge in [0.25, 0.3) is 5.69 Å². The predicted octanol–water partition coefficient (Wildman–Crippen LogP) is 2.54. The number of aromatic hydroxyl groups is 1. The zero-order valence-electron chi connectivity index (χ0n) is 9.70. The Labute approximate surface area is 112 Å². The Balaban J connectivity index is 2.11. The number of nitro groups is 1. The van der Waals surface area contributed by atoms with Crippen LogP contribution in [0.25, 0.3) is 0 Å². The third kappa shape index (κ3) is 3.29. The molecule has 7 heteroatoms. The highest BCUT2D eigenvalue weighted by molar-refractivity contribution is 7.08. The van der Waals surface area contributed by atoms with Crippen molar-refractivity contribution in [1.82, 2.24) is 0 Å². The van der Waals surface area contributed by atoms with E-state index in [1.807, 2.05) is 16.8 Å². The first kappa shape index (κ1) is 13.0. The molecule has 1 amide bonds. The summed E-state index contributed by atoms with van der Waals surface area (Å²) < 4.78 is 0. The molecule has 0 fully saturated rings. The third-order valence-corrected chi connectivity index (χ3v) is 3.14. The van der Waals surface area contributed by atoms with Crippen molar-refractivity contribution in [2.75, 3.05) is 5.32 Å². The minimum atomic E-state index is -0.589. The average Bonchev–Trinajstić information content (AvgIpc) is 2.84. The van der Waals surface area contributed by atoms with E-state index >= 15 is 0 Å². The Kier molecular flexibility index (Phi) is 3.76. The number of benzene rings is 1. The summed E-state index contributed by atoms with van der Waals surface area (Å²) in [5.74, 6) is -0.543. The van der Waals surface area contributed by atoms with Gasteiger partial charge in [-0.2, -0.15) is 11.3 Å². The number of amides is 1. The molecule has 0 saturated carbocycles. The number of nitro benzene ring substituents is 1. The summed E-state index contributed by atoms with van der Waals surface area (Å²) in [7, 11) is 0. The standard InChI is InChI=1S/C12H10N2O4S/c15-11-2-1-9(14(17)18)6-10(11)13-12(16)5-8-3-4-19-7-8/h1-4,6-7,15H,5H2,(H,13,16). The largest absolute Gasteiger partial charge is 0.506 e. The molecule has 0 radical (unpaired) electrons. The lowest BCUT2D eigenvalue weighted by molar-refractivity contribution is -0.384. The summed E-state index contributed by atoms with van der Waals surface area (Å²) in [6.07, 6.45) is 0.158. The number of hydrogen-bond acceptors (Lipinski definition) is 5. The lowest BCUT2D eigenvalue weighted by Crippen LogP contribution is -2.14. The number of phenolic OH excluding ortho intramolecular Hbond substituents is 1. The van der Waals surface area contributed by atoms with Gasteiger partial charge in [-0.25, -0.2) is 0 Å². The van der Waals surface area contributed by atoms with Crippen LogP contribution in [0.3, 0.4) is 0 Å². The molecule has 0 bridgehead atoms. The van der Waals surface area contributed by atoms with Crippen LogP contribution in [0.5, 0.6) is 5.75 Å². The van der Waals surface area contributed by atoms with Gasteiger partial charge in [-0.05, 0) is 28.5 Å². The Morgan fingerprint density at radius 3 is 2.84 bits per heavy atom. The molecular formula is C12H10N2O4S. The molecule has 1 aromatic carbocycles. The van der Waals surface area contributed by atoms with Gasteiger partial charge in [-0.3, -0.25) is 14.9 Å². The third-order valence-electron chi connectivity index (χ3n) is 2.41. The van der Waals surface area contributed by atoms with Crippen LogP contribution in [0, 0.1) is 10.1 Å². The Hall–Kier alpha value is -2.41. The van der Waals surface area contributed by atoms with Gasteiger partial charge in [0, 0.05) is 12.1 Å². The molecule has 0 aliphatic carbocycles. The molecule has 0 saturated heterocycles.